The topological polar surface area (TPSA) is 84.3 Å². The van der Waals surface area contributed by atoms with Crippen LogP contribution in [0.3, 0.4) is 0 Å². The minimum atomic E-state index is -3.69. The van der Waals surface area contributed by atoms with Crippen molar-refractivity contribution in [1.29, 1.82) is 0 Å². The Balaban J connectivity index is 2.26. The molecule has 1 aliphatic heterocycles. The van der Waals surface area contributed by atoms with Gasteiger partial charge in [-0.1, -0.05) is 0 Å². The average molecular weight is 371 g/mol. The first-order valence-electron chi connectivity index (χ1n) is 8.80. The number of carbonyl (C=O) groups is 1. The highest BCUT2D eigenvalue weighted by Gasteiger charge is 2.30. The van der Waals surface area contributed by atoms with Crippen LogP contribution in [-0.4, -0.2) is 47.1 Å². The number of likely N-dealkylation sites (tertiary alicyclic amines) is 1. The minimum Gasteiger partial charge on any atom is -0.338 e. The zero-order valence-electron chi connectivity index (χ0n) is 16.1. The largest absolute Gasteiger partial charge is 0.338 e. The molecule has 1 saturated heterocycles. The molecule has 1 aromatic heterocycles. The number of amides is 1. The molecule has 0 saturated carbocycles. The number of hydrogen-bond acceptors (Lipinski definition) is 4. The molecule has 0 aromatic carbocycles. The van der Waals surface area contributed by atoms with Gasteiger partial charge in [0.1, 0.15) is 11.4 Å². The molecule has 2 heterocycles. The monoisotopic (exact) mass is 370 g/mol. The van der Waals surface area contributed by atoms with E-state index < -0.39 is 15.6 Å². The van der Waals surface area contributed by atoms with Gasteiger partial charge < -0.3 is 4.90 Å². The van der Waals surface area contributed by atoms with Crippen LogP contribution in [0, 0.1) is 13.8 Å². The number of carbonyl (C=O) groups excluding carboxylic acids is 1. The SMILES string of the molecule is Cc1nn(CC(=O)N2CCCC[C@H]2C)c(C)c1S(=O)(=O)NC(C)(C)C. The summed E-state index contributed by atoms with van der Waals surface area (Å²) in [4.78, 5) is 14.7. The van der Waals surface area contributed by atoms with Crippen molar-refractivity contribution in [2.24, 2.45) is 0 Å². The van der Waals surface area contributed by atoms with Crippen molar-refractivity contribution in [1.82, 2.24) is 19.4 Å². The third kappa shape index (κ3) is 4.61. The van der Waals surface area contributed by atoms with Crippen molar-refractivity contribution in [3.63, 3.8) is 0 Å². The molecule has 142 valence electrons. The molecule has 2 rings (SSSR count). The first-order valence-corrected chi connectivity index (χ1v) is 10.3. The van der Waals surface area contributed by atoms with Gasteiger partial charge in [-0.2, -0.15) is 5.10 Å². The van der Waals surface area contributed by atoms with Crippen LogP contribution in [-0.2, 0) is 21.4 Å². The summed E-state index contributed by atoms with van der Waals surface area (Å²) in [6.45, 7) is 11.6. The summed E-state index contributed by atoms with van der Waals surface area (Å²) in [5.74, 6) is -0.00877. The van der Waals surface area contributed by atoms with E-state index >= 15 is 0 Å². The lowest BCUT2D eigenvalue weighted by molar-refractivity contribution is -0.135. The average Bonchev–Trinajstić information content (AvgIpc) is 2.71. The second-order valence-electron chi connectivity index (χ2n) is 7.95. The van der Waals surface area contributed by atoms with Gasteiger partial charge in [0.15, 0.2) is 0 Å². The number of piperidine rings is 1. The predicted octanol–water partition coefficient (Wildman–Crippen LogP) is 1.98. The number of aromatic nitrogens is 2. The van der Waals surface area contributed by atoms with E-state index in [0.29, 0.717) is 11.4 Å². The summed E-state index contributed by atoms with van der Waals surface area (Å²) in [7, 11) is -3.69. The fraction of sp³-hybridized carbons (Fsp3) is 0.765. The van der Waals surface area contributed by atoms with E-state index in [9.17, 15) is 13.2 Å². The van der Waals surface area contributed by atoms with Gasteiger partial charge in [-0.05, 0) is 60.8 Å². The quantitative estimate of drug-likeness (QED) is 0.878. The second kappa shape index (κ2) is 7.07. The van der Waals surface area contributed by atoms with Gasteiger partial charge in [-0.15, -0.1) is 0 Å². The Labute approximate surface area is 150 Å². The van der Waals surface area contributed by atoms with Crippen molar-refractivity contribution in [3.05, 3.63) is 11.4 Å². The Morgan fingerprint density at radius 3 is 2.48 bits per heavy atom. The van der Waals surface area contributed by atoms with Crippen LogP contribution in [0.4, 0.5) is 0 Å². The predicted molar refractivity (Wildman–Crippen MR) is 96.8 cm³/mol. The van der Waals surface area contributed by atoms with E-state index in [1.165, 1.54) is 4.68 Å². The Morgan fingerprint density at radius 1 is 1.28 bits per heavy atom. The highest BCUT2D eigenvalue weighted by Crippen LogP contribution is 2.22. The maximum absolute atomic E-state index is 12.7. The van der Waals surface area contributed by atoms with Crippen LogP contribution in [0.5, 0.6) is 0 Å². The van der Waals surface area contributed by atoms with Crippen molar-refractivity contribution in [3.8, 4) is 0 Å². The minimum absolute atomic E-state index is 0.00877. The van der Waals surface area contributed by atoms with E-state index in [4.69, 9.17) is 0 Å². The highest BCUT2D eigenvalue weighted by molar-refractivity contribution is 7.89. The summed E-state index contributed by atoms with van der Waals surface area (Å²) < 4.78 is 29.5. The normalized spacial score (nSPS) is 19.3. The van der Waals surface area contributed by atoms with Crippen molar-refractivity contribution in [2.75, 3.05) is 6.54 Å². The lowest BCUT2D eigenvalue weighted by Crippen LogP contribution is -2.43. The van der Waals surface area contributed by atoms with E-state index in [-0.39, 0.29) is 23.4 Å². The van der Waals surface area contributed by atoms with Crippen molar-refractivity contribution in [2.45, 2.75) is 83.8 Å². The molecule has 0 bridgehead atoms. The molecule has 0 spiro atoms. The van der Waals surface area contributed by atoms with Gasteiger partial charge in [0, 0.05) is 18.1 Å². The Morgan fingerprint density at radius 2 is 1.92 bits per heavy atom. The summed E-state index contributed by atoms with van der Waals surface area (Å²) in [6.07, 6.45) is 3.17. The molecule has 1 aromatic rings. The van der Waals surface area contributed by atoms with Crippen LogP contribution in [0.1, 0.15) is 58.3 Å². The molecule has 1 N–H and O–H groups in total. The third-order valence-electron chi connectivity index (χ3n) is 4.43. The second-order valence-corrected chi connectivity index (χ2v) is 9.56. The maximum Gasteiger partial charge on any atom is 0.244 e. The number of hydrogen-bond donors (Lipinski definition) is 1. The van der Waals surface area contributed by atoms with Crippen LogP contribution >= 0.6 is 0 Å². The Bertz CT molecular complexity index is 747. The number of sulfonamides is 1. The van der Waals surface area contributed by atoms with Gasteiger partial charge in [-0.3, -0.25) is 9.48 Å². The van der Waals surface area contributed by atoms with E-state index in [1.807, 2.05) is 4.90 Å². The van der Waals surface area contributed by atoms with Gasteiger partial charge in [0.2, 0.25) is 15.9 Å². The summed E-state index contributed by atoms with van der Waals surface area (Å²) in [5, 5.41) is 4.32. The highest BCUT2D eigenvalue weighted by atomic mass is 32.2. The van der Waals surface area contributed by atoms with Crippen molar-refractivity contribution >= 4 is 15.9 Å². The number of rotatable bonds is 4. The zero-order valence-corrected chi connectivity index (χ0v) is 16.9. The number of nitrogens with zero attached hydrogens (tertiary/aromatic N) is 3. The van der Waals surface area contributed by atoms with E-state index in [2.05, 4.69) is 16.7 Å². The zero-order chi connectivity index (χ0) is 19.0. The summed E-state index contributed by atoms with van der Waals surface area (Å²) in [5.41, 5.74) is 0.319. The van der Waals surface area contributed by atoms with Gasteiger partial charge >= 0.3 is 0 Å². The molecule has 7 nitrogen and oxygen atoms in total. The molecular weight excluding hydrogens is 340 g/mol. The smallest absolute Gasteiger partial charge is 0.244 e. The lowest BCUT2D eigenvalue weighted by Gasteiger charge is -2.33. The molecule has 1 atom stereocenters. The number of aryl methyl sites for hydroxylation is 1. The Kier molecular flexibility index (Phi) is 5.63. The fourth-order valence-corrected chi connectivity index (χ4v) is 5.20. The van der Waals surface area contributed by atoms with Gasteiger partial charge in [0.25, 0.3) is 0 Å². The van der Waals surface area contributed by atoms with E-state index in [0.717, 1.165) is 25.8 Å². The lowest BCUT2D eigenvalue weighted by atomic mass is 10.0. The number of nitrogens with one attached hydrogen (secondary N) is 1. The van der Waals surface area contributed by atoms with Gasteiger partial charge in [-0.25, -0.2) is 13.1 Å². The molecule has 0 radical (unpaired) electrons. The van der Waals surface area contributed by atoms with Crippen LogP contribution in [0.25, 0.3) is 0 Å². The maximum atomic E-state index is 12.7. The van der Waals surface area contributed by atoms with Gasteiger partial charge in [0.05, 0.1) is 11.4 Å². The standard InChI is InChI=1S/C17H30N4O3S/c1-12-9-7-8-10-20(12)15(22)11-21-14(3)16(13(2)18-21)25(23,24)19-17(4,5)6/h12,19H,7-11H2,1-6H3/t12-/m1/s1. The molecule has 0 unspecified atom stereocenters. The molecule has 1 amide bonds. The summed E-state index contributed by atoms with van der Waals surface area (Å²) >= 11 is 0. The summed E-state index contributed by atoms with van der Waals surface area (Å²) in [6, 6.07) is 0.226. The third-order valence-corrected chi connectivity index (χ3v) is 6.44. The van der Waals surface area contributed by atoms with Crippen LogP contribution < -0.4 is 4.72 Å². The molecule has 0 aliphatic carbocycles. The molecule has 25 heavy (non-hydrogen) atoms. The first-order chi connectivity index (χ1) is 11.4. The Hall–Kier alpha value is -1.41. The molecule has 1 fully saturated rings. The first kappa shape index (κ1) is 19.9. The molecular formula is C17H30N4O3S. The van der Waals surface area contributed by atoms with Crippen molar-refractivity contribution < 1.29 is 13.2 Å². The van der Waals surface area contributed by atoms with E-state index in [1.54, 1.807) is 34.6 Å². The molecule has 1 aliphatic rings. The molecule has 8 heteroatoms. The fourth-order valence-electron chi connectivity index (χ4n) is 3.37. The van der Waals surface area contributed by atoms with Crippen LogP contribution in [0.2, 0.25) is 0 Å². The van der Waals surface area contributed by atoms with Crippen LogP contribution in [0.15, 0.2) is 4.90 Å².